The second-order valence-electron chi connectivity index (χ2n) is 8.30. The van der Waals surface area contributed by atoms with Gasteiger partial charge in [0.2, 0.25) is 0 Å². The Morgan fingerprint density at radius 1 is 1.00 bits per heavy atom. The topological polar surface area (TPSA) is 0 Å². The number of rotatable bonds is 0. The van der Waals surface area contributed by atoms with Gasteiger partial charge in [0.25, 0.3) is 0 Å². The van der Waals surface area contributed by atoms with Crippen molar-refractivity contribution in [3.05, 3.63) is 12.2 Å². The Kier molecular flexibility index (Phi) is 1.24. The van der Waals surface area contributed by atoms with Gasteiger partial charge in [-0.2, -0.15) is 0 Å². The van der Waals surface area contributed by atoms with Crippen LogP contribution in [0.25, 0.3) is 0 Å². The van der Waals surface area contributed by atoms with Crippen molar-refractivity contribution in [3.63, 3.8) is 0 Å². The van der Waals surface area contributed by atoms with Gasteiger partial charge in [0.15, 0.2) is 0 Å². The summed E-state index contributed by atoms with van der Waals surface area (Å²) in [5, 5.41) is 0. The van der Waals surface area contributed by atoms with Gasteiger partial charge in [0.05, 0.1) is 0 Å². The van der Waals surface area contributed by atoms with Crippen LogP contribution >= 0.6 is 0 Å². The van der Waals surface area contributed by atoms with Crippen molar-refractivity contribution in [3.8, 4) is 0 Å². The van der Waals surface area contributed by atoms with Crippen LogP contribution in [0.2, 0.25) is 0 Å². The first-order valence-corrected chi connectivity index (χ1v) is 8.04. The molecule has 90 valence electrons. The van der Waals surface area contributed by atoms with Crippen molar-refractivity contribution < 1.29 is 0 Å². The molecule has 9 bridgehead atoms. The summed E-state index contributed by atoms with van der Waals surface area (Å²) in [5.74, 6) is 9.25. The van der Waals surface area contributed by atoms with E-state index in [2.05, 4.69) is 12.2 Å². The van der Waals surface area contributed by atoms with Crippen molar-refractivity contribution in [1.29, 1.82) is 0 Å². The van der Waals surface area contributed by atoms with Gasteiger partial charge in [0, 0.05) is 0 Å². The van der Waals surface area contributed by atoms with Gasteiger partial charge in [-0.1, -0.05) is 12.2 Å². The monoisotopic (exact) mass is 226 g/mol. The molecular formula is C17H22. The molecule has 0 N–H and O–H groups in total. The summed E-state index contributed by atoms with van der Waals surface area (Å²) in [6.45, 7) is 0. The maximum absolute atomic E-state index is 2.65. The molecule has 6 fully saturated rings. The van der Waals surface area contributed by atoms with E-state index in [0.29, 0.717) is 0 Å². The quantitative estimate of drug-likeness (QED) is 0.550. The predicted octanol–water partition coefficient (Wildman–Crippen LogP) is 3.88. The third kappa shape index (κ3) is 0.731. The normalized spacial score (nSPS) is 72.5. The van der Waals surface area contributed by atoms with Crippen molar-refractivity contribution >= 4 is 0 Å². The van der Waals surface area contributed by atoms with E-state index in [-0.39, 0.29) is 0 Å². The minimum atomic E-state index is 0.859. The van der Waals surface area contributed by atoms with Gasteiger partial charge in [-0.05, 0) is 91.3 Å². The Bertz CT molecular complexity index is 435. The van der Waals surface area contributed by atoms with E-state index in [0.717, 1.165) is 23.2 Å². The van der Waals surface area contributed by atoms with E-state index in [4.69, 9.17) is 0 Å². The predicted molar refractivity (Wildman–Crippen MR) is 67.2 cm³/mol. The first kappa shape index (κ1) is 8.77. The van der Waals surface area contributed by atoms with Crippen molar-refractivity contribution in [2.45, 2.75) is 38.5 Å². The molecule has 0 aromatic rings. The molecule has 0 heterocycles. The Labute approximate surface area is 104 Å². The molecule has 0 radical (unpaired) electrons. The van der Waals surface area contributed by atoms with E-state index < -0.39 is 0 Å². The molecule has 0 nitrogen and oxygen atoms in total. The van der Waals surface area contributed by atoms with E-state index in [9.17, 15) is 0 Å². The number of fused-ring (bicyclic) bond motifs is 1. The Morgan fingerprint density at radius 3 is 3.00 bits per heavy atom. The summed E-state index contributed by atoms with van der Waals surface area (Å²) in [6, 6.07) is 0. The Balaban J connectivity index is 1.64. The molecule has 9 unspecified atom stereocenters. The minimum Gasteiger partial charge on any atom is -0.0880 e. The number of hydrogen-bond acceptors (Lipinski definition) is 0. The highest BCUT2D eigenvalue weighted by Gasteiger charge is 2.73. The summed E-state index contributed by atoms with van der Waals surface area (Å²) in [4.78, 5) is 0. The van der Waals surface area contributed by atoms with Crippen LogP contribution in [0, 0.1) is 52.8 Å². The third-order valence-corrected chi connectivity index (χ3v) is 8.31. The molecule has 0 aliphatic heterocycles. The lowest BCUT2D eigenvalue weighted by molar-refractivity contribution is 0.0474. The molecular weight excluding hydrogens is 204 g/mol. The molecule has 0 saturated heterocycles. The number of hydrogen-bond donors (Lipinski definition) is 0. The van der Waals surface area contributed by atoms with E-state index in [1.165, 1.54) is 36.0 Å². The van der Waals surface area contributed by atoms with Crippen LogP contribution in [0.3, 0.4) is 0 Å². The highest BCUT2D eigenvalue weighted by Crippen LogP contribution is 2.80. The molecule has 9 atom stereocenters. The second-order valence-corrected chi connectivity index (χ2v) is 8.30. The molecule has 0 aromatic carbocycles. The maximum Gasteiger partial charge on any atom is -0.0194 e. The second kappa shape index (κ2) is 2.40. The van der Waals surface area contributed by atoms with E-state index in [1.54, 1.807) is 32.1 Å². The van der Waals surface area contributed by atoms with Crippen LogP contribution in [-0.4, -0.2) is 0 Å². The van der Waals surface area contributed by atoms with Crippen LogP contribution < -0.4 is 0 Å². The summed E-state index contributed by atoms with van der Waals surface area (Å²) in [5.41, 5.74) is 0.859. The van der Waals surface area contributed by atoms with Crippen LogP contribution in [-0.2, 0) is 0 Å². The van der Waals surface area contributed by atoms with Gasteiger partial charge in [-0.25, -0.2) is 0 Å². The molecule has 7 aliphatic rings. The fourth-order valence-corrected chi connectivity index (χ4v) is 8.46. The van der Waals surface area contributed by atoms with Gasteiger partial charge in [-0.15, -0.1) is 0 Å². The lowest BCUT2D eigenvalue weighted by atomic mass is 9.61. The highest BCUT2D eigenvalue weighted by molar-refractivity contribution is 5.25. The molecule has 1 spiro atoms. The summed E-state index contributed by atoms with van der Waals surface area (Å²) in [7, 11) is 0. The number of allylic oxidation sites excluding steroid dienone is 2. The molecule has 7 aliphatic carbocycles. The van der Waals surface area contributed by atoms with Crippen molar-refractivity contribution in [2.24, 2.45) is 52.8 Å². The van der Waals surface area contributed by atoms with Crippen LogP contribution in [0.5, 0.6) is 0 Å². The zero-order chi connectivity index (χ0) is 10.8. The standard InChI is InChI=1S/C17H22/c1-2-9-7-17-5-4-10(8-17)15-13-6-12(16(15)17)11(3-1)14(9)13/h1-2,9-16H,3-8H2. The van der Waals surface area contributed by atoms with Gasteiger partial charge in [-0.3, -0.25) is 0 Å². The lowest BCUT2D eigenvalue weighted by Crippen LogP contribution is -2.39. The van der Waals surface area contributed by atoms with Crippen LogP contribution in [0.4, 0.5) is 0 Å². The average molecular weight is 226 g/mol. The SMILES string of the molecule is C1=CC2CC34CCC(C3)C3C5CC(C(C1)C25)C34. The highest BCUT2D eigenvalue weighted by atomic mass is 14.8. The van der Waals surface area contributed by atoms with E-state index >= 15 is 0 Å². The Hall–Kier alpha value is -0.260. The smallest absolute Gasteiger partial charge is 0.0194 e. The zero-order valence-electron chi connectivity index (χ0n) is 10.5. The summed E-state index contributed by atoms with van der Waals surface area (Å²) < 4.78 is 0. The molecule has 0 heteroatoms. The lowest BCUT2D eigenvalue weighted by Gasteiger charge is -2.44. The van der Waals surface area contributed by atoms with Gasteiger partial charge < -0.3 is 0 Å². The third-order valence-electron chi connectivity index (χ3n) is 8.31. The largest absolute Gasteiger partial charge is 0.0880 e. The van der Waals surface area contributed by atoms with Crippen LogP contribution in [0.1, 0.15) is 38.5 Å². The maximum atomic E-state index is 2.65. The molecule has 7 rings (SSSR count). The Morgan fingerprint density at radius 2 is 2.00 bits per heavy atom. The summed E-state index contributed by atoms with van der Waals surface area (Å²) >= 11 is 0. The fraction of sp³-hybridized carbons (Fsp3) is 0.882. The van der Waals surface area contributed by atoms with Crippen LogP contribution in [0.15, 0.2) is 12.2 Å². The van der Waals surface area contributed by atoms with Gasteiger partial charge in [0.1, 0.15) is 0 Å². The zero-order valence-corrected chi connectivity index (χ0v) is 10.5. The molecule has 0 aromatic heterocycles. The summed E-state index contributed by atoms with van der Waals surface area (Å²) in [6.07, 6.45) is 14.8. The minimum absolute atomic E-state index is 0.859. The first-order valence-electron chi connectivity index (χ1n) is 8.04. The first-order chi connectivity index (χ1) is 8.37. The van der Waals surface area contributed by atoms with Crippen molar-refractivity contribution in [2.75, 3.05) is 0 Å². The van der Waals surface area contributed by atoms with Crippen molar-refractivity contribution in [1.82, 2.24) is 0 Å². The average Bonchev–Trinajstić information content (AvgIpc) is 3.02. The van der Waals surface area contributed by atoms with Gasteiger partial charge >= 0.3 is 0 Å². The molecule has 17 heavy (non-hydrogen) atoms. The van der Waals surface area contributed by atoms with E-state index in [1.807, 2.05) is 0 Å². The fourth-order valence-electron chi connectivity index (χ4n) is 8.46. The molecule has 6 saturated carbocycles. The molecule has 0 amide bonds.